The monoisotopic (exact) mass is 324 g/mol. The molecular formula is C16H24N2O5. The predicted molar refractivity (Wildman–Crippen MR) is 87.3 cm³/mol. The van der Waals surface area contributed by atoms with Gasteiger partial charge in [0.15, 0.2) is 11.5 Å². The number of amides is 2. The van der Waals surface area contributed by atoms with Crippen molar-refractivity contribution < 1.29 is 23.8 Å². The van der Waals surface area contributed by atoms with Gasteiger partial charge in [-0.1, -0.05) is 0 Å². The number of nitrogens with zero attached hydrogens (tertiary/aromatic N) is 1. The van der Waals surface area contributed by atoms with Crippen LogP contribution >= 0.6 is 0 Å². The largest absolute Gasteiger partial charge is 0.493 e. The van der Waals surface area contributed by atoms with Gasteiger partial charge in [-0.05, 0) is 13.8 Å². The lowest BCUT2D eigenvalue weighted by Gasteiger charge is -2.24. The second kappa shape index (κ2) is 8.26. The molecule has 0 radical (unpaired) electrons. The van der Waals surface area contributed by atoms with Crippen molar-refractivity contribution in [3.8, 4) is 17.2 Å². The Morgan fingerprint density at radius 3 is 1.96 bits per heavy atom. The Morgan fingerprint density at radius 2 is 1.61 bits per heavy atom. The van der Waals surface area contributed by atoms with Crippen molar-refractivity contribution in [2.45, 2.75) is 26.8 Å². The summed E-state index contributed by atoms with van der Waals surface area (Å²) in [7, 11) is 4.50. The van der Waals surface area contributed by atoms with Crippen LogP contribution in [0.3, 0.4) is 0 Å². The molecule has 1 N–H and O–H groups in total. The summed E-state index contributed by atoms with van der Waals surface area (Å²) in [6.07, 6.45) is 0. The molecule has 7 heteroatoms. The highest BCUT2D eigenvalue weighted by atomic mass is 16.5. The normalized spacial score (nSPS) is 10.2. The van der Waals surface area contributed by atoms with E-state index in [0.29, 0.717) is 22.9 Å². The van der Waals surface area contributed by atoms with E-state index in [0.717, 1.165) is 0 Å². The number of nitrogens with one attached hydrogen (secondary N) is 1. The molecule has 128 valence electrons. The third kappa shape index (κ3) is 4.77. The maximum Gasteiger partial charge on any atom is 0.244 e. The number of methoxy groups -OCH3 is 3. The molecule has 0 bridgehead atoms. The Bertz CT molecular complexity index is 547. The molecule has 0 aromatic heterocycles. The molecule has 0 saturated carbocycles. The number of carbonyl (C=O) groups is 2. The second-order valence-corrected chi connectivity index (χ2v) is 5.20. The minimum Gasteiger partial charge on any atom is -0.493 e. The van der Waals surface area contributed by atoms with Crippen LogP contribution in [0.5, 0.6) is 17.2 Å². The Morgan fingerprint density at radius 1 is 1.09 bits per heavy atom. The van der Waals surface area contributed by atoms with E-state index in [4.69, 9.17) is 14.2 Å². The smallest absolute Gasteiger partial charge is 0.244 e. The zero-order valence-corrected chi connectivity index (χ0v) is 14.4. The van der Waals surface area contributed by atoms with E-state index in [1.807, 2.05) is 13.8 Å². The Balaban J connectivity index is 2.96. The van der Waals surface area contributed by atoms with Gasteiger partial charge in [-0.2, -0.15) is 0 Å². The number of ether oxygens (including phenoxy) is 3. The van der Waals surface area contributed by atoms with Gasteiger partial charge in [0.2, 0.25) is 17.6 Å². The topological polar surface area (TPSA) is 77.1 Å². The molecule has 0 aliphatic rings. The van der Waals surface area contributed by atoms with E-state index in [-0.39, 0.29) is 24.4 Å². The maximum absolute atomic E-state index is 12.2. The average molecular weight is 324 g/mol. The first-order chi connectivity index (χ1) is 10.8. The number of hydrogen-bond donors (Lipinski definition) is 1. The molecule has 1 rings (SSSR count). The fourth-order valence-electron chi connectivity index (χ4n) is 2.17. The van der Waals surface area contributed by atoms with Crippen LogP contribution in [0.15, 0.2) is 12.1 Å². The molecule has 1 aromatic carbocycles. The highest BCUT2D eigenvalue weighted by Crippen LogP contribution is 2.39. The molecule has 0 spiro atoms. The molecule has 0 aliphatic heterocycles. The number of anilines is 1. The standard InChI is InChI=1S/C16H24N2O5/c1-10(2)18(11(3)19)9-15(20)17-12-7-13(21-4)16(23-6)14(8-12)22-5/h7-8,10H,9H2,1-6H3,(H,17,20). The summed E-state index contributed by atoms with van der Waals surface area (Å²) in [5.74, 6) is 0.868. The number of carbonyl (C=O) groups excluding carboxylic acids is 2. The van der Waals surface area contributed by atoms with E-state index in [9.17, 15) is 9.59 Å². The van der Waals surface area contributed by atoms with Crippen LogP contribution in [0.1, 0.15) is 20.8 Å². The third-order valence-corrected chi connectivity index (χ3v) is 3.29. The van der Waals surface area contributed by atoms with Crippen molar-refractivity contribution in [2.75, 3.05) is 33.2 Å². The van der Waals surface area contributed by atoms with Gasteiger partial charge >= 0.3 is 0 Å². The van der Waals surface area contributed by atoms with E-state index in [1.54, 1.807) is 12.1 Å². The van der Waals surface area contributed by atoms with Gasteiger partial charge in [0.05, 0.1) is 21.3 Å². The molecule has 0 aliphatic carbocycles. The zero-order valence-electron chi connectivity index (χ0n) is 14.4. The van der Waals surface area contributed by atoms with Crippen molar-refractivity contribution in [3.63, 3.8) is 0 Å². The van der Waals surface area contributed by atoms with Crippen LogP contribution in [0, 0.1) is 0 Å². The van der Waals surface area contributed by atoms with Crippen LogP contribution in [-0.2, 0) is 9.59 Å². The van der Waals surface area contributed by atoms with E-state index in [2.05, 4.69) is 5.32 Å². The third-order valence-electron chi connectivity index (χ3n) is 3.29. The SMILES string of the molecule is COc1cc(NC(=O)CN(C(C)=O)C(C)C)cc(OC)c1OC. The fraction of sp³-hybridized carbons (Fsp3) is 0.500. The average Bonchev–Trinajstić information content (AvgIpc) is 2.50. The van der Waals surface area contributed by atoms with Crippen LogP contribution in [0.25, 0.3) is 0 Å². The highest BCUT2D eigenvalue weighted by molar-refractivity contribution is 5.95. The first kappa shape index (κ1) is 18.6. The summed E-state index contributed by atoms with van der Waals surface area (Å²) in [5, 5.41) is 2.73. The minimum absolute atomic E-state index is 0.0241. The molecule has 2 amide bonds. The molecular weight excluding hydrogens is 300 g/mol. The van der Waals surface area contributed by atoms with E-state index < -0.39 is 0 Å². The van der Waals surface area contributed by atoms with Gasteiger partial charge in [-0.25, -0.2) is 0 Å². The first-order valence-corrected chi connectivity index (χ1v) is 7.21. The quantitative estimate of drug-likeness (QED) is 0.829. The fourth-order valence-corrected chi connectivity index (χ4v) is 2.17. The summed E-state index contributed by atoms with van der Waals surface area (Å²) in [4.78, 5) is 25.2. The minimum atomic E-state index is -0.303. The molecule has 0 fully saturated rings. The van der Waals surface area contributed by atoms with Crippen LogP contribution < -0.4 is 19.5 Å². The Kier molecular flexibility index (Phi) is 6.68. The number of rotatable bonds is 7. The summed E-state index contributed by atoms with van der Waals surface area (Å²) in [6.45, 7) is 5.12. The molecule has 0 heterocycles. The van der Waals surface area contributed by atoms with Crippen molar-refractivity contribution in [1.29, 1.82) is 0 Å². The van der Waals surface area contributed by atoms with Gasteiger partial charge in [-0.3, -0.25) is 9.59 Å². The lowest BCUT2D eigenvalue weighted by atomic mass is 10.2. The van der Waals surface area contributed by atoms with Gasteiger partial charge in [0.25, 0.3) is 0 Å². The summed E-state index contributed by atoms with van der Waals surface area (Å²) in [6, 6.07) is 3.21. The summed E-state index contributed by atoms with van der Waals surface area (Å²) in [5.41, 5.74) is 0.497. The van der Waals surface area contributed by atoms with E-state index in [1.165, 1.54) is 33.2 Å². The van der Waals surface area contributed by atoms with Gasteiger partial charge in [-0.15, -0.1) is 0 Å². The van der Waals surface area contributed by atoms with Gasteiger partial charge in [0.1, 0.15) is 6.54 Å². The van der Waals surface area contributed by atoms with E-state index >= 15 is 0 Å². The van der Waals surface area contributed by atoms with Crippen molar-refractivity contribution in [3.05, 3.63) is 12.1 Å². The van der Waals surface area contributed by atoms with Gasteiger partial charge < -0.3 is 24.4 Å². The Labute approximate surface area is 136 Å². The molecule has 1 aromatic rings. The number of hydrogen-bond acceptors (Lipinski definition) is 5. The second-order valence-electron chi connectivity index (χ2n) is 5.20. The van der Waals surface area contributed by atoms with Crippen LogP contribution in [-0.4, -0.2) is 50.6 Å². The Hall–Kier alpha value is -2.44. The van der Waals surface area contributed by atoms with Crippen molar-refractivity contribution in [1.82, 2.24) is 4.90 Å². The predicted octanol–water partition coefficient (Wildman–Crippen LogP) is 1.91. The lowest BCUT2D eigenvalue weighted by molar-refractivity contribution is -0.134. The van der Waals surface area contributed by atoms with Crippen LogP contribution in [0.4, 0.5) is 5.69 Å². The molecule has 0 atom stereocenters. The summed E-state index contributed by atoms with van der Waals surface area (Å²) < 4.78 is 15.7. The van der Waals surface area contributed by atoms with Crippen molar-refractivity contribution in [2.24, 2.45) is 0 Å². The molecule has 7 nitrogen and oxygen atoms in total. The van der Waals surface area contributed by atoms with Crippen molar-refractivity contribution >= 4 is 17.5 Å². The molecule has 0 saturated heterocycles. The molecule has 0 unspecified atom stereocenters. The first-order valence-electron chi connectivity index (χ1n) is 7.21. The molecule has 23 heavy (non-hydrogen) atoms. The highest BCUT2D eigenvalue weighted by Gasteiger charge is 2.18. The zero-order chi connectivity index (χ0) is 17.6. The summed E-state index contributed by atoms with van der Waals surface area (Å²) >= 11 is 0. The number of benzene rings is 1. The maximum atomic E-state index is 12.2. The lowest BCUT2D eigenvalue weighted by Crippen LogP contribution is -2.41. The van der Waals surface area contributed by atoms with Crippen LogP contribution in [0.2, 0.25) is 0 Å². The van der Waals surface area contributed by atoms with Gasteiger partial charge in [0, 0.05) is 30.8 Å².